The minimum atomic E-state index is -0.189. The van der Waals surface area contributed by atoms with E-state index >= 15 is 0 Å². The van der Waals surface area contributed by atoms with E-state index in [9.17, 15) is 4.39 Å². The summed E-state index contributed by atoms with van der Waals surface area (Å²) < 4.78 is 13.9. The van der Waals surface area contributed by atoms with Gasteiger partial charge in [0.25, 0.3) is 0 Å². The molecule has 1 heterocycles. The smallest absolute Gasteiger partial charge is 0.128 e. The predicted octanol–water partition coefficient (Wildman–Crippen LogP) is 3.39. The highest BCUT2D eigenvalue weighted by molar-refractivity contribution is 5.59. The molecule has 1 aromatic carbocycles. The zero-order valence-electron chi connectivity index (χ0n) is 10.7. The van der Waals surface area contributed by atoms with Crippen LogP contribution in [0.3, 0.4) is 0 Å². The van der Waals surface area contributed by atoms with E-state index in [2.05, 4.69) is 10.3 Å². The maximum Gasteiger partial charge on any atom is 0.128 e. The van der Waals surface area contributed by atoms with Crippen molar-refractivity contribution >= 4 is 0 Å². The van der Waals surface area contributed by atoms with Crippen LogP contribution in [0.15, 0.2) is 42.6 Å². The third kappa shape index (κ3) is 3.14. The van der Waals surface area contributed by atoms with Crippen molar-refractivity contribution < 1.29 is 4.39 Å². The summed E-state index contributed by atoms with van der Waals surface area (Å²) in [7, 11) is 0. The summed E-state index contributed by atoms with van der Waals surface area (Å²) in [5.41, 5.74) is 2.28. The van der Waals surface area contributed by atoms with Crippen LogP contribution in [-0.4, -0.2) is 11.0 Å². The molecule has 0 aliphatic heterocycles. The first-order chi connectivity index (χ1) is 8.66. The zero-order chi connectivity index (χ0) is 13.0. The second kappa shape index (κ2) is 5.74. The second-order valence-electron chi connectivity index (χ2n) is 4.56. The second-order valence-corrected chi connectivity index (χ2v) is 4.56. The molecule has 0 aliphatic rings. The van der Waals surface area contributed by atoms with Gasteiger partial charge in [-0.2, -0.15) is 0 Å². The number of aromatic nitrogens is 1. The SMILES string of the molecule is CC(C)NCc1ccc(-c2ccccn2)cc1F. The number of pyridine rings is 1. The molecule has 2 aromatic rings. The Labute approximate surface area is 107 Å². The van der Waals surface area contributed by atoms with Gasteiger partial charge in [0.2, 0.25) is 0 Å². The molecule has 0 atom stereocenters. The molecule has 0 saturated carbocycles. The third-order valence-electron chi connectivity index (χ3n) is 2.71. The lowest BCUT2D eigenvalue weighted by Gasteiger charge is -2.10. The molecule has 2 rings (SSSR count). The molecule has 1 N–H and O–H groups in total. The molecular formula is C15H17FN2. The van der Waals surface area contributed by atoms with Gasteiger partial charge in [-0.15, -0.1) is 0 Å². The van der Waals surface area contributed by atoms with Gasteiger partial charge in [0.05, 0.1) is 5.69 Å². The summed E-state index contributed by atoms with van der Waals surface area (Å²) in [5.74, 6) is -0.189. The molecule has 0 saturated heterocycles. The maximum atomic E-state index is 13.9. The summed E-state index contributed by atoms with van der Waals surface area (Å²) >= 11 is 0. The maximum absolute atomic E-state index is 13.9. The Balaban J connectivity index is 2.20. The van der Waals surface area contributed by atoms with Gasteiger partial charge in [-0.3, -0.25) is 4.98 Å². The minimum Gasteiger partial charge on any atom is -0.310 e. The Morgan fingerprint density at radius 3 is 2.67 bits per heavy atom. The van der Waals surface area contributed by atoms with E-state index in [-0.39, 0.29) is 5.82 Å². The number of nitrogens with one attached hydrogen (secondary N) is 1. The number of hydrogen-bond acceptors (Lipinski definition) is 2. The van der Waals surface area contributed by atoms with E-state index < -0.39 is 0 Å². The molecule has 3 heteroatoms. The van der Waals surface area contributed by atoms with Gasteiger partial charge < -0.3 is 5.32 Å². The lowest BCUT2D eigenvalue weighted by molar-refractivity contribution is 0.553. The van der Waals surface area contributed by atoms with Crippen molar-refractivity contribution in [2.24, 2.45) is 0 Å². The van der Waals surface area contributed by atoms with Crippen molar-refractivity contribution in [1.82, 2.24) is 10.3 Å². The third-order valence-corrected chi connectivity index (χ3v) is 2.71. The fraction of sp³-hybridized carbons (Fsp3) is 0.267. The normalized spacial score (nSPS) is 10.9. The summed E-state index contributed by atoms with van der Waals surface area (Å²) in [6.07, 6.45) is 1.71. The Hall–Kier alpha value is -1.74. The van der Waals surface area contributed by atoms with Crippen molar-refractivity contribution in [2.45, 2.75) is 26.4 Å². The van der Waals surface area contributed by atoms with E-state index in [1.165, 1.54) is 0 Å². The average Bonchev–Trinajstić information content (AvgIpc) is 2.38. The Morgan fingerprint density at radius 1 is 1.22 bits per heavy atom. The molecule has 1 aromatic heterocycles. The topological polar surface area (TPSA) is 24.9 Å². The summed E-state index contributed by atoms with van der Waals surface area (Å²) in [4.78, 5) is 4.21. The zero-order valence-corrected chi connectivity index (χ0v) is 10.7. The van der Waals surface area contributed by atoms with Crippen LogP contribution in [0, 0.1) is 5.82 Å². The van der Waals surface area contributed by atoms with Gasteiger partial charge in [0, 0.05) is 29.9 Å². The van der Waals surface area contributed by atoms with Crippen LogP contribution in [0.25, 0.3) is 11.3 Å². The Morgan fingerprint density at radius 2 is 2.06 bits per heavy atom. The quantitative estimate of drug-likeness (QED) is 0.891. The van der Waals surface area contributed by atoms with Gasteiger partial charge in [-0.1, -0.05) is 32.0 Å². The molecule has 0 fully saturated rings. The van der Waals surface area contributed by atoms with E-state index in [0.29, 0.717) is 18.2 Å². The largest absolute Gasteiger partial charge is 0.310 e. The van der Waals surface area contributed by atoms with Gasteiger partial charge in [0.15, 0.2) is 0 Å². The van der Waals surface area contributed by atoms with Crippen LogP contribution in [-0.2, 0) is 6.54 Å². The van der Waals surface area contributed by atoms with Gasteiger partial charge >= 0.3 is 0 Å². The molecule has 0 unspecified atom stereocenters. The van der Waals surface area contributed by atoms with Crippen molar-refractivity contribution in [3.8, 4) is 11.3 Å². The van der Waals surface area contributed by atoms with Crippen LogP contribution in [0.2, 0.25) is 0 Å². The summed E-state index contributed by atoms with van der Waals surface area (Å²) in [6, 6.07) is 11.2. The molecule has 94 valence electrons. The molecule has 0 spiro atoms. The fourth-order valence-electron chi connectivity index (χ4n) is 1.70. The van der Waals surface area contributed by atoms with Crippen molar-refractivity contribution in [3.05, 3.63) is 54.0 Å². The highest BCUT2D eigenvalue weighted by Crippen LogP contribution is 2.19. The van der Waals surface area contributed by atoms with Crippen molar-refractivity contribution in [3.63, 3.8) is 0 Å². The first kappa shape index (κ1) is 12.7. The first-order valence-corrected chi connectivity index (χ1v) is 6.10. The van der Waals surface area contributed by atoms with Gasteiger partial charge in [0.1, 0.15) is 5.82 Å². The monoisotopic (exact) mass is 244 g/mol. The molecule has 18 heavy (non-hydrogen) atoms. The highest BCUT2D eigenvalue weighted by Gasteiger charge is 2.06. The summed E-state index contributed by atoms with van der Waals surface area (Å²) in [5, 5.41) is 3.21. The van der Waals surface area contributed by atoms with E-state index in [1.54, 1.807) is 12.3 Å². The Bertz CT molecular complexity index is 509. The highest BCUT2D eigenvalue weighted by atomic mass is 19.1. The van der Waals surface area contributed by atoms with Crippen LogP contribution in [0.4, 0.5) is 4.39 Å². The minimum absolute atomic E-state index is 0.189. The Kier molecular flexibility index (Phi) is 4.05. The molecule has 0 bridgehead atoms. The van der Waals surface area contributed by atoms with Crippen LogP contribution < -0.4 is 5.32 Å². The lowest BCUT2D eigenvalue weighted by Crippen LogP contribution is -2.22. The number of rotatable bonds is 4. The number of hydrogen-bond donors (Lipinski definition) is 1. The number of halogens is 1. The van der Waals surface area contributed by atoms with Crippen LogP contribution in [0.1, 0.15) is 19.4 Å². The molecular weight excluding hydrogens is 227 g/mol. The first-order valence-electron chi connectivity index (χ1n) is 6.10. The number of benzene rings is 1. The molecule has 2 nitrogen and oxygen atoms in total. The van der Waals surface area contributed by atoms with E-state index in [1.807, 2.05) is 44.2 Å². The summed E-state index contributed by atoms with van der Waals surface area (Å²) in [6.45, 7) is 4.63. The van der Waals surface area contributed by atoms with E-state index in [4.69, 9.17) is 0 Å². The fourth-order valence-corrected chi connectivity index (χ4v) is 1.70. The molecule has 0 aliphatic carbocycles. The number of nitrogens with zero attached hydrogens (tertiary/aromatic N) is 1. The standard InChI is InChI=1S/C15H17FN2/c1-11(2)18-10-13-7-6-12(9-14(13)16)15-5-3-4-8-17-15/h3-9,11,18H,10H2,1-2H3. The average molecular weight is 244 g/mol. The predicted molar refractivity (Wildman–Crippen MR) is 71.6 cm³/mol. The lowest BCUT2D eigenvalue weighted by atomic mass is 10.1. The van der Waals surface area contributed by atoms with Crippen LogP contribution in [0.5, 0.6) is 0 Å². The van der Waals surface area contributed by atoms with Crippen molar-refractivity contribution in [1.29, 1.82) is 0 Å². The molecule has 0 radical (unpaired) electrons. The van der Waals surface area contributed by atoms with E-state index in [0.717, 1.165) is 11.3 Å². The van der Waals surface area contributed by atoms with Crippen molar-refractivity contribution in [2.75, 3.05) is 0 Å². The molecule has 0 amide bonds. The van der Waals surface area contributed by atoms with Gasteiger partial charge in [-0.05, 0) is 18.2 Å². The van der Waals surface area contributed by atoms with Crippen LogP contribution >= 0.6 is 0 Å². The van der Waals surface area contributed by atoms with Gasteiger partial charge in [-0.25, -0.2) is 4.39 Å².